The third-order valence-corrected chi connectivity index (χ3v) is 4.28. The predicted molar refractivity (Wildman–Crippen MR) is 109 cm³/mol. The van der Waals surface area contributed by atoms with Crippen LogP contribution >= 0.6 is 0 Å². The zero-order valence-electron chi connectivity index (χ0n) is 16.6. The van der Waals surface area contributed by atoms with Gasteiger partial charge in [-0.15, -0.1) is 0 Å². The van der Waals surface area contributed by atoms with Crippen molar-refractivity contribution in [3.63, 3.8) is 0 Å². The van der Waals surface area contributed by atoms with Crippen LogP contribution < -0.4 is 25.1 Å². The minimum Gasteiger partial charge on any atom is -0.497 e. The van der Waals surface area contributed by atoms with E-state index in [0.717, 1.165) is 5.56 Å². The molecule has 0 fully saturated rings. The molecule has 3 aromatic rings. The lowest BCUT2D eigenvalue weighted by Crippen LogP contribution is -2.26. The number of aryl methyl sites for hydroxylation is 1. The van der Waals surface area contributed by atoms with Gasteiger partial charge in [-0.2, -0.15) is 9.78 Å². The maximum absolute atomic E-state index is 12.9. The summed E-state index contributed by atoms with van der Waals surface area (Å²) >= 11 is 0. The number of ether oxygens (including phenoxy) is 3. The lowest BCUT2D eigenvalue weighted by Gasteiger charge is -2.13. The van der Waals surface area contributed by atoms with Crippen molar-refractivity contribution in [2.45, 2.75) is 6.92 Å². The van der Waals surface area contributed by atoms with Crippen molar-refractivity contribution in [3.05, 3.63) is 70.1 Å². The fraction of sp³-hybridized carbons (Fsp3) is 0.190. The van der Waals surface area contributed by atoms with E-state index in [1.165, 1.54) is 32.1 Å². The van der Waals surface area contributed by atoms with Crippen molar-refractivity contribution in [2.75, 3.05) is 26.6 Å². The molecule has 3 rings (SSSR count). The molecule has 1 N–H and O–H groups in total. The topological polar surface area (TPSA) is 91.7 Å². The molecule has 8 nitrogen and oxygen atoms in total. The van der Waals surface area contributed by atoms with E-state index in [-0.39, 0.29) is 11.4 Å². The van der Waals surface area contributed by atoms with Crippen molar-refractivity contribution in [1.29, 1.82) is 0 Å². The van der Waals surface area contributed by atoms with Crippen LogP contribution in [0.25, 0.3) is 5.69 Å². The number of amides is 1. The quantitative estimate of drug-likeness (QED) is 0.690. The van der Waals surface area contributed by atoms with E-state index in [0.29, 0.717) is 22.9 Å². The summed E-state index contributed by atoms with van der Waals surface area (Å²) in [5, 5.41) is 7.00. The van der Waals surface area contributed by atoms with Gasteiger partial charge in [0.1, 0.15) is 11.5 Å². The van der Waals surface area contributed by atoms with Crippen LogP contribution in [-0.4, -0.2) is 37.0 Å². The zero-order chi connectivity index (χ0) is 21.0. The number of methoxy groups -OCH3 is 3. The van der Waals surface area contributed by atoms with Crippen LogP contribution in [0.3, 0.4) is 0 Å². The number of anilines is 1. The molecule has 0 aliphatic heterocycles. The van der Waals surface area contributed by atoms with Crippen molar-refractivity contribution in [2.24, 2.45) is 0 Å². The standard InChI is InChI=1S/C21H21N3O5/c1-13-7-5-6-8-17(13)24-19(25)12-18(29-4)20(23-24)21(26)22-14-9-15(27-2)11-16(10-14)28-3/h5-12H,1-4H3,(H,22,26). The first-order chi connectivity index (χ1) is 14.0. The van der Waals surface area contributed by atoms with Crippen LogP contribution in [0.2, 0.25) is 0 Å². The first-order valence-electron chi connectivity index (χ1n) is 8.75. The van der Waals surface area contributed by atoms with Gasteiger partial charge in [-0.05, 0) is 18.6 Å². The molecular formula is C21H21N3O5. The van der Waals surface area contributed by atoms with Gasteiger partial charge in [-0.3, -0.25) is 9.59 Å². The van der Waals surface area contributed by atoms with Crippen molar-refractivity contribution in [3.8, 4) is 22.9 Å². The average molecular weight is 395 g/mol. The van der Waals surface area contributed by atoms with Crippen molar-refractivity contribution >= 4 is 11.6 Å². The number of nitrogens with zero attached hydrogens (tertiary/aromatic N) is 2. The second-order valence-corrected chi connectivity index (χ2v) is 6.15. The van der Waals surface area contributed by atoms with E-state index in [2.05, 4.69) is 10.4 Å². The summed E-state index contributed by atoms with van der Waals surface area (Å²) in [5.74, 6) is 0.570. The SMILES string of the molecule is COc1cc(NC(=O)c2nn(-c3ccccc3C)c(=O)cc2OC)cc(OC)c1. The number of carbonyl (C=O) groups excluding carboxylic acids is 1. The molecule has 1 aromatic heterocycles. The molecular weight excluding hydrogens is 374 g/mol. The Balaban J connectivity index is 2.04. The highest BCUT2D eigenvalue weighted by atomic mass is 16.5. The predicted octanol–water partition coefficient (Wildman–Crippen LogP) is 2.82. The van der Waals surface area contributed by atoms with E-state index in [1.807, 2.05) is 19.1 Å². The smallest absolute Gasteiger partial charge is 0.280 e. The highest BCUT2D eigenvalue weighted by molar-refractivity contribution is 6.04. The van der Waals surface area contributed by atoms with Gasteiger partial charge in [0.2, 0.25) is 0 Å². The molecule has 1 heterocycles. The zero-order valence-corrected chi connectivity index (χ0v) is 16.6. The van der Waals surface area contributed by atoms with E-state index in [9.17, 15) is 9.59 Å². The van der Waals surface area contributed by atoms with Crippen LogP contribution in [0.4, 0.5) is 5.69 Å². The Kier molecular flexibility index (Phi) is 5.82. The maximum atomic E-state index is 12.9. The molecule has 150 valence electrons. The molecule has 0 saturated heterocycles. The third-order valence-electron chi connectivity index (χ3n) is 4.28. The molecule has 0 atom stereocenters. The first kappa shape index (κ1) is 19.9. The lowest BCUT2D eigenvalue weighted by molar-refractivity contribution is 0.101. The molecule has 0 aliphatic carbocycles. The van der Waals surface area contributed by atoms with Gasteiger partial charge in [0.05, 0.1) is 33.1 Å². The van der Waals surface area contributed by atoms with E-state index in [4.69, 9.17) is 14.2 Å². The second-order valence-electron chi connectivity index (χ2n) is 6.15. The van der Waals surface area contributed by atoms with Gasteiger partial charge in [0.25, 0.3) is 11.5 Å². The fourth-order valence-corrected chi connectivity index (χ4v) is 2.80. The number of rotatable bonds is 6. The van der Waals surface area contributed by atoms with Gasteiger partial charge < -0.3 is 19.5 Å². The molecule has 8 heteroatoms. The van der Waals surface area contributed by atoms with Gasteiger partial charge in [0.15, 0.2) is 11.4 Å². The summed E-state index contributed by atoms with van der Waals surface area (Å²) in [6.07, 6.45) is 0. The minimum atomic E-state index is -0.542. The second kappa shape index (κ2) is 8.47. The molecule has 0 aliphatic rings. The number of para-hydroxylation sites is 1. The fourth-order valence-electron chi connectivity index (χ4n) is 2.80. The molecule has 0 unspecified atom stereocenters. The molecule has 0 saturated carbocycles. The summed E-state index contributed by atoms with van der Waals surface area (Å²) in [6.45, 7) is 1.86. The number of aromatic nitrogens is 2. The number of hydrogen-bond donors (Lipinski definition) is 1. The molecule has 0 spiro atoms. The van der Waals surface area contributed by atoms with Gasteiger partial charge >= 0.3 is 0 Å². The summed E-state index contributed by atoms with van der Waals surface area (Å²) in [6, 6.07) is 13.5. The van der Waals surface area contributed by atoms with Crippen LogP contribution in [-0.2, 0) is 0 Å². The summed E-state index contributed by atoms with van der Waals surface area (Å²) in [5.41, 5.74) is 1.44. The van der Waals surface area contributed by atoms with Crippen LogP contribution in [0.1, 0.15) is 16.1 Å². The largest absolute Gasteiger partial charge is 0.497 e. The van der Waals surface area contributed by atoms with Gasteiger partial charge in [-0.25, -0.2) is 0 Å². The van der Waals surface area contributed by atoms with Crippen LogP contribution in [0.15, 0.2) is 53.3 Å². The number of carbonyl (C=O) groups is 1. The molecule has 2 aromatic carbocycles. The average Bonchev–Trinajstić information content (AvgIpc) is 2.73. The number of hydrogen-bond acceptors (Lipinski definition) is 6. The van der Waals surface area contributed by atoms with E-state index in [1.54, 1.807) is 30.3 Å². The number of nitrogens with one attached hydrogen (secondary N) is 1. The van der Waals surface area contributed by atoms with Crippen molar-refractivity contribution < 1.29 is 19.0 Å². The Morgan fingerprint density at radius 1 is 0.966 bits per heavy atom. The lowest BCUT2D eigenvalue weighted by atomic mass is 10.2. The van der Waals surface area contributed by atoms with Gasteiger partial charge in [-0.1, -0.05) is 18.2 Å². The summed E-state index contributed by atoms with van der Waals surface area (Å²) < 4.78 is 16.8. The number of benzene rings is 2. The van der Waals surface area contributed by atoms with Crippen molar-refractivity contribution in [1.82, 2.24) is 9.78 Å². The molecule has 1 amide bonds. The molecule has 29 heavy (non-hydrogen) atoms. The third kappa shape index (κ3) is 4.21. The highest BCUT2D eigenvalue weighted by Gasteiger charge is 2.19. The maximum Gasteiger partial charge on any atom is 0.280 e. The Morgan fingerprint density at radius 2 is 1.62 bits per heavy atom. The highest BCUT2D eigenvalue weighted by Crippen LogP contribution is 2.26. The Hall–Kier alpha value is -3.81. The van der Waals surface area contributed by atoms with E-state index >= 15 is 0 Å². The Morgan fingerprint density at radius 3 is 2.21 bits per heavy atom. The Bertz CT molecular complexity index is 1090. The normalized spacial score (nSPS) is 10.3. The van der Waals surface area contributed by atoms with Gasteiger partial charge in [0, 0.05) is 23.9 Å². The first-order valence-corrected chi connectivity index (χ1v) is 8.75. The van der Waals surface area contributed by atoms with Crippen LogP contribution in [0, 0.1) is 6.92 Å². The molecule has 0 bridgehead atoms. The minimum absolute atomic E-state index is 0.0304. The summed E-state index contributed by atoms with van der Waals surface area (Å²) in [7, 11) is 4.41. The monoisotopic (exact) mass is 395 g/mol. The Labute approximate surface area is 167 Å². The summed E-state index contributed by atoms with van der Waals surface area (Å²) in [4.78, 5) is 25.4. The van der Waals surface area contributed by atoms with Crippen LogP contribution in [0.5, 0.6) is 17.2 Å². The van der Waals surface area contributed by atoms with E-state index < -0.39 is 11.5 Å². The molecule has 0 radical (unpaired) electrons.